The number of rotatable bonds is 17. The van der Waals surface area contributed by atoms with Crippen LogP contribution in [0.2, 0.25) is 0 Å². The first kappa shape index (κ1) is 22.9. The van der Waals surface area contributed by atoms with Gasteiger partial charge in [0.2, 0.25) is 0 Å². The zero-order valence-electron chi connectivity index (χ0n) is 15.9. The van der Waals surface area contributed by atoms with Crippen molar-refractivity contribution >= 4 is 11.9 Å². The maximum absolute atomic E-state index is 11.9. The summed E-state index contributed by atoms with van der Waals surface area (Å²) >= 11 is 0. The number of esters is 1. The average molecular weight is 343 g/mol. The lowest BCUT2D eigenvalue weighted by Crippen LogP contribution is -2.21. The van der Waals surface area contributed by atoms with E-state index in [0.717, 1.165) is 38.5 Å². The molecule has 0 aromatic heterocycles. The van der Waals surface area contributed by atoms with Gasteiger partial charge in [-0.15, -0.1) is 0 Å². The quantitative estimate of drug-likeness (QED) is 0.265. The lowest BCUT2D eigenvalue weighted by Gasteiger charge is -2.16. The lowest BCUT2D eigenvalue weighted by atomic mass is 10.1. The predicted molar refractivity (Wildman–Crippen MR) is 98.1 cm³/mol. The van der Waals surface area contributed by atoms with Crippen molar-refractivity contribution in [2.45, 2.75) is 116 Å². The van der Waals surface area contributed by atoms with Crippen LogP contribution in [0.3, 0.4) is 0 Å². The summed E-state index contributed by atoms with van der Waals surface area (Å²) in [6, 6.07) is 0. The lowest BCUT2D eigenvalue weighted by molar-refractivity contribution is -0.153. The Morgan fingerprint density at radius 2 is 1.29 bits per heavy atom. The van der Waals surface area contributed by atoms with Crippen LogP contribution in [-0.2, 0) is 14.3 Å². The van der Waals surface area contributed by atoms with Gasteiger partial charge in [-0.25, -0.2) is 0 Å². The molecule has 0 saturated heterocycles. The van der Waals surface area contributed by atoms with Gasteiger partial charge in [0, 0.05) is 6.42 Å². The van der Waals surface area contributed by atoms with E-state index in [-0.39, 0.29) is 12.4 Å². The third-order valence-electron chi connectivity index (χ3n) is 4.31. The molecule has 0 aliphatic carbocycles. The van der Waals surface area contributed by atoms with E-state index in [1.165, 1.54) is 38.5 Å². The summed E-state index contributed by atoms with van der Waals surface area (Å²) in [5.74, 6) is -1.13. The molecule has 0 spiro atoms. The molecular formula is C20H38O4. The van der Waals surface area contributed by atoms with Crippen LogP contribution in [0.4, 0.5) is 0 Å². The van der Waals surface area contributed by atoms with E-state index in [9.17, 15) is 9.59 Å². The van der Waals surface area contributed by atoms with Gasteiger partial charge in [0.15, 0.2) is 0 Å². The largest absolute Gasteiger partial charge is 0.481 e. The van der Waals surface area contributed by atoms with Gasteiger partial charge in [-0.2, -0.15) is 0 Å². The fourth-order valence-electron chi connectivity index (χ4n) is 2.84. The molecule has 0 rings (SSSR count). The first-order valence-corrected chi connectivity index (χ1v) is 10.0. The number of hydrogen-bond donors (Lipinski definition) is 1. The number of carboxylic acid groups (broad SMARTS) is 1. The molecule has 1 unspecified atom stereocenters. The van der Waals surface area contributed by atoms with E-state index in [4.69, 9.17) is 9.84 Å². The van der Waals surface area contributed by atoms with Gasteiger partial charge >= 0.3 is 11.9 Å². The summed E-state index contributed by atoms with van der Waals surface area (Å²) in [6.45, 7) is 4.35. The van der Waals surface area contributed by atoms with Crippen LogP contribution in [0.5, 0.6) is 0 Å². The number of hydrogen-bond acceptors (Lipinski definition) is 3. The molecule has 4 nitrogen and oxygen atoms in total. The van der Waals surface area contributed by atoms with Crippen LogP contribution in [-0.4, -0.2) is 23.1 Å². The van der Waals surface area contributed by atoms with Crippen molar-refractivity contribution in [1.82, 2.24) is 0 Å². The predicted octanol–water partition coefficient (Wildman–Crippen LogP) is 5.87. The number of ether oxygens (including phenoxy) is 1. The normalized spacial score (nSPS) is 12.1. The number of aliphatic carboxylic acids is 1. The Morgan fingerprint density at radius 1 is 0.792 bits per heavy atom. The van der Waals surface area contributed by atoms with E-state index >= 15 is 0 Å². The molecule has 0 aromatic rings. The molecule has 0 heterocycles. The van der Waals surface area contributed by atoms with Crippen molar-refractivity contribution in [2.24, 2.45) is 0 Å². The second kappa shape index (κ2) is 16.8. The minimum absolute atomic E-state index is 0.0741. The summed E-state index contributed by atoms with van der Waals surface area (Å²) < 4.78 is 5.38. The highest BCUT2D eigenvalue weighted by Gasteiger charge is 2.17. The van der Waals surface area contributed by atoms with Gasteiger partial charge in [0.25, 0.3) is 0 Å². The Bertz CT molecular complexity index is 315. The third-order valence-corrected chi connectivity index (χ3v) is 4.31. The Balaban J connectivity index is 3.77. The number of unbranched alkanes of at least 4 members (excludes halogenated alkanes) is 10. The van der Waals surface area contributed by atoms with Gasteiger partial charge in [-0.3, -0.25) is 9.59 Å². The maximum atomic E-state index is 11.9. The zero-order valence-corrected chi connectivity index (χ0v) is 15.9. The van der Waals surface area contributed by atoms with Gasteiger partial charge in [0.1, 0.15) is 6.10 Å². The number of carbonyl (C=O) groups excluding carboxylic acids is 1. The second-order valence-corrected chi connectivity index (χ2v) is 6.78. The highest BCUT2D eigenvalue weighted by Crippen LogP contribution is 2.14. The molecule has 0 saturated carbocycles. The first-order chi connectivity index (χ1) is 11.6. The summed E-state index contributed by atoms with van der Waals surface area (Å²) in [5.41, 5.74) is 0. The number of carboxylic acids is 1. The SMILES string of the molecule is CCCCCCCCCCC(=O)OC(CCCCCC)CC(=O)O. The fourth-order valence-corrected chi connectivity index (χ4v) is 2.84. The first-order valence-electron chi connectivity index (χ1n) is 10.0. The van der Waals surface area contributed by atoms with Crippen molar-refractivity contribution in [1.29, 1.82) is 0 Å². The molecule has 0 amide bonds. The van der Waals surface area contributed by atoms with Gasteiger partial charge in [0.05, 0.1) is 6.42 Å². The molecule has 0 fully saturated rings. The maximum Gasteiger partial charge on any atom is 0.307 e. The van der Waals surface area contributed by atoms with Gasteiger partial charge in [-0.1, -0.05) is 78.1 Å². The van der Waals surface area contributed by atoms with Crippen LogP contribution in [0.25, 0.3) is 0 Å². The van der Waals surface area contributed by atoms with E-state index in [1.54, 1.807) is 0 Å². The van der Waals surface area contributed by atoms with Gasteiger partial charge < -0.3 is 9.84 Å². The van der Waals surface area contributed by atoms with Crippen molar-refractivity contribution < 1.29 is 19.4 Å². The Labute approximate surface area is 148 Å². The number of carbonyl (C=O) groups is 2. The molecular weight excluding hydrogens is 304 g/mol. The molecule has 1 N–H and O–H groups in total. The van der Waals surface area contributed by atoms with Crippen LogP contribution < -0.4 is 0 Å². The zero-order chi connectivity index (χ0) is 18.0. The minimum atomic E-state index is -0.893. The summed E-state index contributed by atoms with van der Waals surface area (Å²) in [5, 5.41) is 8.94. The summed E-state index contributed by atoms with van der Waals surface area (Å²) in [7, 11) is 0. The Kier molecular flexibility index (Phi) is 16.0. The Morgan fingerprint density at radius 3 is 1.83 bits per heavy atom. The minimum Gasteiger partial charge on any atom is -0.481 e. The molecule has 0 aromatic carbocycles. The van der Waals surface area contributed by atoms with E-state index in [2.05, 4.69) is 13.8 Å². The van der Waals surface area contributed by atoms with Crippen LogP contribution in [0.1, 0.15) is 110 Å². The fraction of sp³-hybridized carbons (Fsp3) is 0.900. The third kappa shape index (κ3) is 15.8. The van der Waals surface area contributed by atoms with E-state index < -0.39 is 12.1 Å². The average Bonchev–Trinajstić information content (AvgIpc) is 2.53. The summed E-state index contributed by atoms with van der Waals surface area (Å²) in [4.78, 5) is 22.8. The van der Waals surface area contributed by atoms with Crippen molar-refractivity contribution in [3.05, 3.63) is 0 Å². The second-order valence-electron chi connectivity index (χ2n) is 6.78. The van der Waals surface area contributed by atoms with Crippen LogP contribution in [0, 0.1) is 0 Å². The molecule has 0 bridgehead atoms. The van der Waals surface area contributed by atoms with E-state index in [0.29, 0.717) is 12.8 Å². The smallest absolute Gasteiger partial charge is 0.307 e. The topological polar surface area (TPSA) is 63.6 Å². The highest BCUT2D eigenvalue weighted by molar-refractivity contribution is 5.71. The standard InChI is InChI=1S/C20H38O4/c1-3-5-7-9-10-11-12-14-16-20(23)24-18(17-19(21)22)15-13-8-6-4-2/h18H,3-17H2,1-2H3,(H,21,22). The van der Waals surface area contributed by atoms with E-state index in [1.807, 2.05) is 0 Å². The van der Waals surface area contributed by atoms with Crippen molar-refractivity contribution in [3.63, 3.8) is 0 Å². The van der Waals surface area contributed by atoms with Crippen LogP contribution in [0.15, 0.2) is 0 Å². The molecule has 142 valence electrons. The molecule has 0 aliphatic rings. The highest BCUT2D eigenvalue weighted by atomic mass is 16.5. The summed E-state index contributed by atoms with van der Waals surface area (Å²) in [6.07, 6.45) is 14.3. The molecule has 0 radical (unpaired) electrons. The molecule has 4 heteroatoms. The van der Waals surface area contributed by atoms with Crippen LogP contribution >= 0.6 is 0 Å². The molecule has 0 aliphatic heterocycles. The Hall–Kier alpha value is -1.06. The van der Waals surface area contributed by atoms with Gasteiger partial charge in [-0.05, 0) is 19.3 Å². The molecule has 24 heavy (non-hydrogen) atoms. The van der Waals surface area contributed by atoms with Crippen molar-refractivity contribution in [3.8, 4) is 0 Å². The van der Waals surface area contributed by atoms with Crippen molar-refractivity contribution in [2.75, 3.05) is 0 Å². The monoisotopic (exact) mass is 342 g/mol. The molecule has 1 atom stereocenters.